The Morgan fingerprint density at radius 3 is 2.04 bits per heavy atom. The topological polar surface area (TPSA) is 3.24 Å². The summed E-state index contributed by atoms with van der Waals surface area (Å²) in [5.41, 5.74) is 9.13. The number of benzene rings is 2. The highest BCUT2D eigenvalue weighted by molar-refractivity contribution is 5.45. The van der Waals surface area contributed by atoms with Gasteiger partial charge in [0.25, 0.3) is 0 Å². The molecular weight excluding hydrogens is 338 g/mol. The molecule has 0 amide bonds. The maximum Gasteiger partial charge on any atom is 0.0307 e. The Labute approximate surface area is 172 Å². The first-order valence-corrected chi connectivity index (χ1v) is 10.3. The maximum absolute atomic E-state index is 5.44. The second kappa shape index (κ2) is 9.26. The molecule has 148 valence electrons. The molecule has 2 rings (SSSR count). The molecular formula is C27H35N. The van der Waals surface area contributed by atoms with Gasteiger partial charge in [-0.25, -0.2) is 0 Å². The highest BCUT2D eigenvalue weighted by Gasteiger charge is 2.31. The molecule has 1 heteroatoms. The van der Waals surface area contributed by atoms with E-state index >= 15 is 0 Å². The lowest BCUT2D eigenvalue weighted by molar-refractivity contribution is 0.358. The van der Waals surface area contributed by atoms with Crippen LogP contribution in [0.15, 0.2) is 48.6 Å². The van der Waals surface area contributed by atoms with Crippen molar-refractivity contribution in [1.29, 1.82) is 0 Å². The van der Waals surface area contributed by atoms with Crippen LogP contribution in [0.5, 0.6) is 0 Å². The van der Waals surface area contributed by atoms with Crippen LogP contribution in [0.1, 0.15) is 60.1 Å². The molecule has 0 saturated heterocycles. The fourth-order valence-electron chi connectivity index (χ4n) is 4.16. The van der Waals surface area contributed by atoms with E-state index in [2.05, 4.69) is 95.5 Å². The Hall–Kier alpha value is -2.30. The van der Waals surface area contributed by atoms with E-state index in [1.807, 2.05) is 0 Å². The first-order chi connectivity index (χ1) is 13.3. The van der Waals surface area contributed by atoms with E-state index in [1.54, 1.807) is 0 Å². The van der Waals surface area contributed by atoms with Crippen molar-refractivity contribution in [2.75, 3.05) is 13.6 Å². The molecule has 1 nitrogen and oxygen atoms in total. The largest absolute Gasteiger partial charge is 0.297 e. The average Bonchev–Trinajstić information content (AvgIpc) is 2.67. The van der Waals surface area contributed by atoms with Gasteiger partial charge in [-0.2, -0.15) is 0 Å². The minimum Gasteiger partial charge on any atom is -0.297 e. The second-order valence-electron chi connectivity index (χ2n) is 8.15. The van der Waals surface area contributed by atoms with Gasteiger partial charge >= 0.3 is 0 Å². The lowest BCUT2D eigenvalue weighted by atomic mass is 9.69. The Kier molecular flexibility index (Phi) is 7.28. The second-order valence-corrected chi connectivity index (χ2v) is 8.15. The third-order valence-electron chi connectivity index (χ3n) is 6.27. The van der Waals surface area contributed by atoms with Gasteiger partial charge in [0.2, 0.25) is 0 Å². The van der Waals surface area contributed by atoms with E-state index in [4.69, 9.17) is 6.42 Å². The lowest BCUT2D eigenvalue weighted by Gasteiger charge is -2.34. The van der Waals surface area contributed by atoms with Crippen LogP contribution in [0.25, 0.3) is 0 Å². The Balaban J connectivity index is 2.39. The molecule has 0 atom stereocenters. The number of hydrogen-bond donors (Lipinski definition) is 0. The predicted molar refractivity (Wildman–Crippen MR) is 123 cm³/mol. The molecule has 2 aromatic carbocycles. The van der Waals surface area contributed by atoms with Crippen LogP contribution in [0, 0.1) is 33.1 Å². The lowest BCUT2D eigenvalue weighted by Crippen LogP contribution is -2.27. The van der Waals surface area contributed by atoms with E-state index < -0.39 is 0 Å². The summed E-state index contributed by atoms with van der Waals surface area (Å²) in [5.74, 6) is 2.63. The van der Waals surface area contributed by atoms with Crippen LogP contribution >= 0.6 is 0 Å². The van der Waals surface area contributed by atoms with Gasteiger partial charge in [0.05, 0.1) is 0 Å². The summed E-state index contributed by atoms with van der Waals surface area (Å²) in [6.45, 7) is 16.8. The zero-order valence-electron chi connectivity index (χ0n) is 18.5. The van der Waals surface area contributed by atoms with Crippen molar-refractivity contribution >= 4 is 0 Å². The summed E-state index contributed by atoms with van der Waals surface area (Å²) in [4.78, 5) is 2.22. The predicted octanol–water partition coefficient (Wildman–Crippen LogP) is 6.34. The number of nitrogens with zero attached hydrogens (tertiary/aromatic N) is 1. The standard InChI is InChI=1S/C27H35N/c1-9-20(4)18-28(8)19-24-13-15-26(17-23(24)7)27(10-2,11-3)25-14-12-21(5)22(6)16-25/h1,12-17H,4,10-11,18-19H2,2-3,5-8H3. The minimum absolute atomic E-state index is 0.0609. The Bertz CT molecular complexity index is 878. The molecule has 0 unspecified atom stereocenters. The first-order valence-electron chi connectivity index (χ1n) is 10.3. The number of likely N-dealkylation sites (N-methyl/N-ethyl adjacent to an activating group) is 1. The van der Waals surface area contributed by atoms with Crippen LogP contribution in [0.4, 0.5) is 0 Å². The molecule has 0 aliphatic heterocycles. The third-order valence-corrected chi connectivity index (χ3v) is 6.27. The van der Waals surface area contributed by atoms with Crippen molar-refractivity contribution in [3.8, 4) is 12.3 Å². The summed E-state index contributed by atoms with van der Waals surface area (Å²) in [6, 6.07) is 14.0. The van der Waals surface area contributed by atoms with Crippen molar-refractivity contribution in [2.24, 2.45) is 0 Å². The van der Waals surface area contributed by atoms with Gasteiger partial charge in [-0.15, -0.1) is 6.42 Å². The highest BCUT2D eigenvalue weighted by atomic mass is 15.1. The van der Waals surface area contributed by atoms with E-state index in [9.17, 15) is 0 Å². The van der Waals surface area contributed by atoms with Gasteiger partial charge in [0.1, 0.15) is 0 Å². The molecule has 0 aliphatic rings. The molecule has 0 aromatic heterocycles. The molecule has 0 aliphatic carbocycles. The maximum atomic E-state index is 5.44. The van der Waals surface area contributed by atoms with E-state index in [0.29, 0.717) is 0 Å². The molecule has 0 bridgehead atoms. The molecule has 0 heterocycles. The summed E-state index contributed by atoms with van der Waals surface area (Å²) in [7, 11) is 2.09. The number of terminal acetylenes is 1. The van der Waals surface area contributed by atoms with Gasteiger partial charge in [-0.1, -0.05) is 62.7 Å². The van der Waals surface area contributed by atoms with Crippen LogP contribution in [0.3, 0.4) is 0 Å². The van der Waals surface area contributed by atoms with Gasteiger partial charge in [0.15, 0.2) is 0 Å². The van der Waals surface area contributed by atoms with Crippen LogP contribution in [-0.2, 0) is 12.0 Å². The Morgan fingerprint density at radius 1 is 0.964 bits per heavy atom. The van der Waals surface area contributed by atoms with Gasteiger partial charge in [-0.3, -0.25) is 4.90 Å². The average molecular weight is 374 g/mol. The van der Waals surface area contributed by atoms with Crippen molar-refractivity contribution in [2.45, 2.75) is 59.4 Å². The molecule has 28 heavy (non-hydrogen) atoms. The molecule has 0 N–H and O–H groups in total. The van der Waals surface area contributed by atoms with Crippen molar-refractivity contribution in [1.82, 2.24) is 4.90 Å². The zero-order valence-corrected chi connectivity index (χ0v) is 18.5. The minimum atomic E-state index is 0.0609. The Morgan fingerprint density at radius 2 is 1.54 bits per heavy atom. The van der Waals surface area contributed by atoms with E-state index in [0.717, 1.165) is 31.5 Å². The molecule has 0 spiro atoms. The SMILES string of the molecule is C#CC(=C)CN(C)Cc1ccc(C(CC)(CC)c2ccc(C)c(C)c2)cc1C. The van der Waals surface area contributed by atoms with Crippen molar-refractivity contribution in [3.63, 3.8) is 0 Å². The zero-order chi connectivity index (χ0) is 20.9. The normalized spacial score (nSPS) is 11.5. The van der Waals surface area contributed by atoms with E-state index in [1.165, 1.54) is 33.4 Å². The van der Waals surface area contributed by atoms with Crippen LogP contribution in [-0.4, -0.2) is 18.5 Å². The summed E-state index contributed by atoms with van der Waals surface area (Å²) in [5, 5.41) is 0. The number of rotatable bonds is 8. The summed E-state index contributed by atoms with van der Waals surface area (Å²) < 4.78 is 0. The summed E-state index contributed by atoms with van der Waals surface area (Å²) in [6.07, 6.45) is 7.62. The highest BCUT2D eigenvalue weighted by Crippen LogP contribution is 2.40. The van der Waals surface area contributed by atoms with Crippen LogP contribution < -0.4 is 0 Å². The van der Waals surface area contributed by atoms with Crippen LogP contribution in [0.2, 0.25) is 0 Å². The fourth-order valence-corrected chi connectivity index (χ4v) is 4.16. The van der Waals surface area contributed by atoms with Gasteiger partial charge in [-0.05, 0) is 74.0 Å². The molecule has 2 aromatic rings. The van der Waals surface area contributed by atoms with Crippen molar-refractivity contribution < 1.29 is 0 Å². The van der Waals surface area contributed by atoms with Crippen molar-refractivity contribution in [3.05, 3.63) is 81.9 Å². The quantitative estimate of drug-likeness (QED) is 0.488. The number of hydrogen-bond acceptors (Lipinski definition) is 1. The van der Waals surface area contributed by atoms with Gasteiger partial charge < -0.3 is 0 Å². The smallest absolute Gasteiger partial charge is 0.0307 e. The third kappa shape index (κ3) is 4.57. The molecule has 0 radical (unpaired) electrons. The molecule has 0 fully saturated rings. The monoisotopic (exact) mass is 373 g/mol. The summed E-state index contributed by atoms with van der Waals surface area (Å²) >= 11 is 0. The number of aryl methyl sites for hydroxylation is 3. The fraction of sp³-hybridized carbons (Fsp3) is 0.407. The van der Waals surface area contributed by atoms with E-state index in [-0.39, 0.29) is 5.41 Å². The van der Waals surface area contributed by atoms with Gasteiger partial charge in [0, 0.05) is 24.1 Å². The first kappa shape index (κ1) is 22.0. The molecule has 0 saturated carbocycles.